The van der Waals surface area contributed by atoms with Crippen LogP contribution in [-0.4, -0.2) is 79.9 Å². The third-order valence-electron chi connectivity index (χ3n) is 5.36. The molecule has 3 rings (SSSR count). The Morgan fingerprint density at radius 1 is 1.00 bits per heavy atom. The molecule has 1 amide bonds. The van der Waals surface area contributed by atoms with Gasteiger partial charge in [0.2, 0.25) is 12.7 Å². The molecule has 3 aliphatic heterocycles. The van der Waals surface area contributed by atoms with Gasteiger partial charge in [-0.05, 0) is 19.9 Å². The zero-order valence-corrected chi connectivity index (χ0v) is 14.8. The number of piperazine rings is 1. The van der Waals surface area contributed by atoms with Crippen molar-refractivity contribution in [2.75, 3.05) is 40.0 Å². The summed E-state index contributed by atoms with van der Waals surface area (Å²) in [6, 6.07) is 0. The van der Waals surface area contributed by atoms with Gasteiger partial charge in [-0.2, -0.15) is 0 Å². The van der Waals surface area contributed by atoms with Crippen LogP contribution in [0, 0.1) is 11.8 Å². The summed E-state index contributed by atoms with van der Waals surface area (Å²) < 4.78 is 15.7. The molecular weight excluding hydrogens is 328 g/mol. The summed E-state index contributed by atoms with van der Waals surface area (Å²) in [4.78, 5) is 40.6. The number of hydrogen-bond acceptors (Lipinski definition) is 7. The molecule has 2 bridgehead atoms. The molecule has 3 fully saturated rings. The fourth-order valence-corrected chi connectivity index (χ4v) is 3.88. The fourth-order valence-electron chi connectivity index (χ4n) is 3.88. The SMILES string of the molecule is CCC(=O)OCOC(=O)C1C2CCC(O2)C1C(=O)N1CCN(C)CC1. The highest BCUT2D eigenvalue weighted by Crippen LogP contribution is 2.45. The van der Waals surface area contributed by atoms with Crippen molar-refractivity contribution in [2.45, 2.75) is 38.4 Å². The van der Waals surface area contributed by atoms with Gasteiger partial charge >= 0.3 is 11.9 Å². The topological polar surface area (TPSA) is 85.4 Å². The van der Waals surface area contributed by atoms with Crippen molar-refractivity contribution in [3.05, 3.63) is 0 Å². The smallest absolute Gasteiger partial charge is 0.315 e. The average Bonchev–Trinajstić information content (AvgIpc) is 3.22. The minimum absolute atomic E-state index is 0.0206. The van der Waals surface area contributed by atoms with Crippen LogP contribution in [0.2, 0.25) is 0 Å². The molecule has 0 aromatic carbocycles. The Morgan fingerprint density at radius 2 is 1.64 bits per heavy atom. The van der Waals surface area contributed by atoms with E-state index >= 15 is 0 Å². The highest BCUT2D eigenvalue weighted by Gasteiger charge is 2.57. The van der Waals surface area contributed by atoms with Gasteiger partial charge in [-0.1, -0.05) is 6.92 Å². The van der Waals surface area contributed by atoms with Gasteiger partial charge in [-0.3, -0.25) is 14.4 Å². The van der Waals surface area contributed by atoms with Gasteiger partial charge in [-0.15, -0.1) is 0 Å². The summed E-state index contributed by atoms with van der Waals surface area (Å²) in [7, 11) is 2.03. The minimum Gasteiger partial charge on any atom is -0.428 e. The van der Waals surface area contributed by atoms with E-state index in [-0.39, 0.29) is 24.5 Å². The van der Waals surface area contributed by atoms with Crippen LogP contribution < -0.4 is 0 Å². The van der Waals surface area contributed by atoms with Crippen molar-refractivity contribution in [2.24, 2.45) is 11.8 Å². The van der Waals surface area contributed by atoms with Crippen LogP contribution in [0.15, 0.2) is 0 Å². The maximum atomic E-state index is 13.0. The number of hydrogen-bond donors (Lipinski definition) is 0. The van der Waals surface area contributed by atoms with Gasteiger partial charge < -0.3 is 24.0 Å². The quantitative estimate of drug-likeness (QED) is 0.508. The molecule has 0 radical (unpaired) electrons. The predicted octanol–water partition coefficient (Wildman–Crippen LogP) is 0.00790. The number of carbonyl (C=O) groups is 3. The second-order valence-electron chi connectivity index (χ2n) is 6.92. The molecule has 3 saturated heterocycles. The monoisotopic (exact) mass is 354 g/mol. The maximum Gasteiger partial charge on any atom is 0.315 e. The Bertz CT molecular complexity index is 531. The lowest BCUT2D eigenvalue weighted by molar-refractivity contribution is -0.173. The molecule has 0 N–H and O–H groups in total. The third kappa shape index (κ3) is 3.79. The minimum atomic E-state index is -0.605. The van der Waals surface area contributed by atoms with Gasteiger partial charge in [0.05, 0.1) is 24.0 Å². The molecule has 4 unspecified atom stereocenters. The number of fused-ring (bicyclic) bond motifs is 2. The van der Waals surface area contributed by atoms with Gasteiger partial charge in [0.15, 0.2) is 0 Å². The number of amides is 1. The molecule has 140 valence electrons. The summed E-state index contributed by atoms with van der Waals surface area (Å²) >= 11 is 0. The summed E-state index contributed by atoms with van der Waals surface area (Å²) in [6.45, 7) is 4.25. The van der Waals surface area contributed by atoms with Crippen molar-refractivity contribution >= 4 is 17.8 Å². The first-order valence-corrected chi connectivity index (χ1v) is 8.96. The molecular formula is C17H26N2O6. The van der Waals surface area contributed by atoms with Crippen LogP contribution in [0.4, 0.5) is 0 Å². The first-order valence-electron chi connectivity index (χ1n) is 8.96. The molecule has 0 saturated carbocycles. The van der Waals surface area contributed by atoms with Gasteiger partial charge in [0, 0.05) is 32.6 Å². The second kappa shape index (κ2) is 7.70. The zero-order chi connectivity index (χ0) is 18.0. The number of nitrogens with zero attached hydrogens (tertiary/aromatic N) is 2. The normalized spacial score (nSPS) is 31.8. The predicted molar refractivity (Wildman–Crippen MR) is 86.3 cm³/mol. The molecule has 0 aliphatic carbocycles. The van der Waals surface area contributed by atoms with E-state index in [1.54, 1.807) is 6.92 Å². The lowest BCUT2D eigenvalue weighted by Crippen LogP contribution is -2.52. The van der Waals surface area contributed by atoms with Gasteiger partial charge in [0.1, 0.15) is 0 Å². The molecule has 0 aromatic heterocycles. The van der Waals surface area contributed by atoms with Crippen LogP contribution in [0.25, 0.3) is 0 Å². The summed E-state index contributed by atoms with van der Waals surface area (Å²) in [6.07, 6.45) is 1.28. The largest absolute Gasteiger partial charge is 0.428 e. The van der Waals surface area contributed by atoms with Crippen LogP contribution in [0.1, 0.15) is 26.2 Å². The molecule has 3 heterocycles. The van der Waals surface area contributed by atoms with Crippen molar-refractivity contribution in [1.82, 2.24) is 9.80 Å². The van der Waals surface area contributed by atoms with Gasteiger partial charge in [0.25, 0.3) is 0 Å². The summed E-state index contributed by atoms with van der Waals surface area (Å²) in [5, 5.41) is 0. The number of carbonyl (C=O) groups excluding carboxylic acids is 3. The molecule has 8 heteroatoms. The molecule has 25 heavy (non-hydrogen) atoms. The first-order chi connectivity index (χ1) is 12.0. The Kier molecular flexibility index (Phi) is 5.58. The van der Waals surface area contributed by atoms with Crippen LogP contribution in [-0.2, 0) is 28.6 Å². The van der Waals surface area contributed by atoms with E-state index in [0.717, 1.165) is 25.9 Å². The fraction of sp³-hybridized carbons (Fsp3) is 0.824. The van der Waals surface area contributed by atoms with Crippen LogP contribution in [0.3, 0.4) is 0 Å². The van der Waals surface area contributed by atoms with Gasteiger partial charge in [-0.25, -0.2) is 0 Å². The third-order valence-corrected chi connectivity index (χ3v) is 5.36. The van der Waals surface area contributed by atoms with Crippen LogP contribution >= 0.6 is 0 Å². The summed E-state index contributed by atoms with van der Waals surface area (Å²) in [5.74, 6) is -2.05. The Labute approximate surface area is 147 Å². The van der Waals surface area contributed by atoms with E-state index < -0.39 is 30.6 Å². The van der Waals surface area contributed by atoms with Crippen molar-refractivity contribution in [3.8, 4) is 0 Å². The van der Waals surface area contributed by atoms with E-state index in [9.17, 15) is 14.4 Å². The Balaban J connectivity index is 1.62. The molecule has 8 nitrogen and oxygen atoms in total. The highest BCUT2D eigenvalue weighted by molar-refractivity contribution is 5.87. The van der Waals surface area contributed by atoms with E-state index in [0.29, 0.717) is 13.1 Å². The van der Waals surface area contributed by atoms with E-state index in [1.165, 1.54) is 0 Å². The van der Waals surface area contributed by atoms with E-state index in [4.69, 9.17) is 14.2 Å². The standard InChI is InChI=1S/C17H26N2O6/c1-3-13(20)23-10-24-17(22)15-12-5-4-11(25-12)14(15)16(21)19-8-6-18(2)7-9-19/h11-12,14-15H,3-10H2,1-2H3. The zero-order valence-electron chi connectivity index (χ0n) is 14.8. The van der Waals surface area contributed by atoms with Crippen molar-refractivity contribution < 1.29 is 28.6 Å². The Morgan fingerprint density at radius 3 is 2.28 bits per heavy atom. The molecule has 0 spiro atoms. The number of rotatable bonds is 5. The summed E-state index contributed by atoms with van der Waals surface area (Å²) in [5.41, 5.74) is 0. The molecule has 0 aromatic rings. The van der Waals surface area contributed by atoms with Crippen molar-refractivity contribution in [1.29, 1.82) is 0 Å². The lowest BCUT2D eigenvalue weighted by Gasteiger charge is -2.36. The number of esters is 2. The van der Waals surface area contributed by atoms with Crippen molar-refractivity contribution in [3.63, 3.8) is 0 Å². The average molecular weight is 354 g/mol. The maximum absolute atomic E-state index is 13.0. The van der Waals surface area contributed by atoms with E-state index in [1.807, 2.05) is 11.9 Å². The molecule has 3 aliphatic rings. The number of ether oxygens (including phenoxy) is 3. The molecule has 4 atom stereocenters. The highest BCUT2D eigenvalue weighted by atomic mass is 16.7. The first kappa shape index (κ1) is 18.1. The lowest BCUT2D eigenvalue weighted by atomic mass is 9.78. The second-order valence-corrected chi connectivity index (χ2v) is 6.92. The van der Waals surface area contributed by atoms with Crippen LogP contribution in [0.5, 0.6) is 0 Å². The number of likely N-dealkylation sites (N-methyl/N-ethyl adjacent to an activating group) is 1. The Hall–Kier alpha value is -1.67. The van der Waals surface area contributed by atoms with E-state index in [2.05, 4.69) is 4.90 Å².